The highest BCUT2D eigenvalue weighted by atomic mass is 16.7. The molecule has 5 aliphatic heterocycles. The monoisotopic (exact) mass is 1560 g/mol. The van der Waals surface area contributed by atoms with Crippen molar-refractivity contribution in [1.29, 1.82) is 0 Å². The van der Waals surface area contributed by atoms with Gasteiger partial charge in [0, 0.05) is 72.1 Å². The second-order valence-corrected chi connectivity index (χ2v) is 33.0. The average Bonchev–Trinajstić information content (AvgIpc) is 0.796. The molecule has 6 aliphatic rings. The Morgan fingerprint density at radius 3 is 1.91 bits per heavy atom. The first kappa shape index (κ1) is 92.7. The predicted octanol–water partition coefficient (Wildman–Crippen LogP) is 5.79. The SMILES string of the molecule is CCC(OC1CC(C)(O)C(OC2CCC(OC(=O)C(C)C(OC3CCC(O)C(C)O3)c3ccc4c(c3)C(=O)C=C(C)C4=O)C(C)O2)C(C)O1)C(C)C(O)C(C)C(O)C(C)C1OC(=O)C=CCC(O)CC(O)CCCC(O)CCC(C)C(O)C(=O)C2(O)CC(O)CC(CC(O)CC(O)CC(O)CCCC(O)C=CC1C)O2. The molecule has 4 fully saturated rings. The Labute approximate surface area is 647 Å². The van der Waals surface area contributed by atoms with Crippen molar-refractivity contribution in [2.75, 3.05) is 0 Å². The van der Waals surface area contributed by atoms with Crippen molar-refractivity contribution in [1.82, 2.24) is 0 Å². The Morgan fingerprint density at radius 2 is 1.25 bits per heavy atom. The fraction of sp³-hybridized carbons (Fsp3) is 0.793. The molecule has 2 bridgehead atoms. The number of benzene rings is 1. The number of esters is 2. The normalized spacial score (nSPS) is 38.9. The number of ether oxygens (including phenoxy) is 9. The minimum Gasteiger partial charge on any atom is -0.459 e. The van der Waals surface area contributed by atoms with Crippen molar-refractivity contribution in [3.05, 3.63) is 70.8 Å². The van der Waals surface area contributed by atoms with Crippen LogP contribution in [0.1, 0.15) is 250 Å². The van der Waals surface area contributed by atoms with E-state index in [1.165, 1.54) is 18.2 Å². The molecule has 7 rings (SSSR count). The second-order valence-electron chi connectivity index (χ2n) is 33.0. The van der Waals surface area contributed by atoms with Crippen LogP contribution in [0.25, 0.3) is 0 Å². The molecule has 1 aliphatic carbocycles. The fourth-order valence-electron chi connectivity index (χ4n) is 16.4. The van der Waals surface area contributed by atoms with Gasteiger partial charge in [0.25, 0.3) is 0 Å². The average molecular weight is 1560 g/mol. The lowest BCUT2D eigenvalue weighted by Crippen LogP contribution is -2.59. The summed E-state index contributed by atoms with van der Waals surface area (Å²) in [7, 11) is 0. The summed E-state index contributed by atoms with van der Waals surface area (Å²) in [6, 6.07) is 4.77. The minimum atomic E-state index is -2.58. The Hall–Kier alpha value is -4.45. The fourth-order valence-corrected chi connectivity index (χ4v) is 16.4. The molecule has 28 heteroatoms. The van der Waals surface area contributed by atoms with E-state index >= 15 is 0 Å². The second kappa shape index (κ2) is 42.4. The van der Waals surface area contributed by atoms with Crippen LogP contribution in [0.4, 0.5) is 0 Å². The smallest absolute Gasteiger partial charge is 0.330 e. The summed E-state index contributed by atoms with van der Waals surface area (Å²) in [6.45, 7) is 20.3. The van der Waals surface area contributed by atoms with Gasteiger partial charge < -0.3 is 114 Å². The minimum absolute atomic E-state index is 0.0503. The zero-order valence-corrected chi connectivity index (χ0v) is 66.3. The van der Waals surface area contributed by atoms with E-state index in [9.17, 15) is 95.5 Å². The molecule has 4 saturated heterocycles. The van der Waals surface area contributed by atoms with Gasteiger partial charge in [-0.1, -0.05) is 65.8 Å². The third-order valence-corrected chi connectivity index (χ3v) is 23.3. The molecular formula is C82H130O28. The first-order valence-corrected chi connectivity index (χ1v) is 40.1. The Kier molecular flexibility index (Phi) is 35.8. The van der Waals surface area contributed by atoms with Gasteiger partial charge in [0.05, 0.1) is 115 Å². The molecule has 14 N–H and O–H groups in total. The lowest BCUT2D eigenvalue weighted by atomic mass is 9.78. The quantitative estimate of drug-likeness (QED) is 0.0648. The predicted molar refractivity (Wildman–Crippen MR) is 399 cm³/mol. The first-order chi connectivity index (χ1) is 51.7. The van der Waals surface area contributed by atoms with Gasteiger partial charge in [-0.05, 0) is 180 Å². The Balaban J connectivity index is 0.943. The van der Waals surface area contributed by atoms with Gasteiger partial charge in [0.15, 0.2) is 30.4 Å². The third kappa shape index (κ3) is 26.3. The standard InChI is InChI=1S/C82H130O28/c1-13-66(105-71-41-81(12,100)79(51(11)104-71)109-70-32-30-67(50(10)103-70)106-80(99)48(8)77(108-69-31-29-64(91)49(9)102-69)52-25-28-62-63(34-52)65(92)33-44(4)72(62)94)45(5)74(96)46(6)75(97)47(7)76-43(3)24-27-54(84)18-15-20-57(87)36-58(88)37-59(89)38-61-39-60(90)40-82(101,110-61)78(98)73(95)42(2)23-26-53(83)17-14-19-55(85)35-56(86)21-16-22-68(93)107-76/h16,22,24-25,27-28,33-34,42-43,45-51,53-61,64,66-67,69-71,73-77,79,83-91,95-97,100-101H,13-15,17-21,23,26,29-32,35-41H2,1-12H3. The largest absolute Gasteiger partial charge is 0.459 e. The molecule has 32 atom stereocenters. The van der Waals surface area contributed by atoms with Crippen molar-refractivity contribution in [3.8, 4) is 0 Å². The number of allylic oxidation sites excluding steroid dienone is 2. The van der Waals surface area contributed by atoms with E-state index in [0.29, 0.717) is 49.7 Å². The first-order valence-electron chi connectivity index (χ1n) is 40.1. The van der Waals surface area contributed by atoms with Crippen LogP contribution in [0.2, 0.25) is 0 Å². The number of carbonyl (C=O) groups is 5. The molecule has 0 saturated carbocycles. The lowest BCUT2D eigenvalue weighted by Gasteiger charge is -2.47. The van der Waals surface area contributed by atoms with Crippen LogP contribution in [0, 0.1) is 35.5 Å². The topological polar surface area (TPSA) is 452 Å². The van der Waals surface area contributed by atoms with E-state index in [0.717, 1.165) is 6.08 Å². The van der Waals surface area contributed by atoms with Crippen molar-refractivity contribution >= 4 is 29.3 Å². The molecule has 32 unspecified atom stereocenters. The Morgan fingerprint density at radius 1 is 0.627 bits per heavy atom. The summed E-state index contributed by atoms with van der Waals surface area (Å²) >= 11 is 0. The maximum Gasteiger partial charge on any atom is 0.330 e. The number of ketones is 3. The molecule has 626 valence electrons. The molecule has 0 spiro atoms. The summed E-state index contributed by atoms with van der Waals surface area (Å²) in [5.74, 6) is -10.5. The van der Waals surface area contributed by atoms with Crippen LogP contribution in [0.15, 0.2) is 54.2 Å². The number of rotatable bonds is 17. The van der Waals surface area contributed by atoms with Crippen LogP contribution >= 0.6 is 0 Å². The molecular weight excluding hydrogens is 1430 g/mol. The van der Waals surface area contributed by atoms with Crippen molar-refractivity contribution in [3.63, 3.8) is 0 Å². The number of Topliss-reactive ketones (excluding diaryl/α,β-unsaturated/α-hetero) is 2. The van der Waals surface area contributed by atoms with Crippen molar-refractivity contribution in [2.24, 2.45) is 35.5 Å². The summed E-state index contributed by atoms with van der Waals surface area (Å²) in [5, 5.41) is 156. The van der Waals surface area contributed by atoms with Gasteiger partial charge in [0.1, 0.15) is 24.4 Å². The maximum atomic E-state index is 14.2. The lowest BCUT2D eigenvalue weighted by molar-refractivity contribution is -0.330. The highest BCUT2D eigenvalue weighted by Gasteiger charge is 2.52. The van der Waals surface area contributed by atoms with Gasteiger partial charge in [-0.25, -0.2) is 4.79 Å². The van der Waals surface area contributed by atoms with Crippen LogP contribution < -0.4 is 0 Å². The van der Waals surface area contributed by atoms with E-state index in [1.54, 1.807) is 100 Å². The van der Waals surface area contributed by atoms with Gasteiger partial charge in [-0.3, -0.25) is 19.2 Å². The van der Waals surface area contributed by atoms with Gasteiger partial charge in [-0.2, -0.15) is 0 Å². The summed E-state index contributed by atoms with van der Waals surface area (Å²) in [4.78, 5) is 67.5. The highest BCUT2D eigenvalue weighted by molar-refractivity contribution is 6.24. The van der Waals surface area contributed by atoms with Crippen LogP contribution in [-0.2, 0) is 57.0 Å². The maximum absolute atomic E-state index is 14.2. The molecule has 0 amide bonds. The van der Waals surface area contributed by atoms with Gasteiger partial charge in [0.2, 0.25) is 11.6 Å². The zero-order chi connectivity index (χ0) is 81.4. The van der Waals surface area contributed by atoms with E-state index < -0.39 is 218 Å². The molecule has 0 radical (unpaired) electrons. The number of carbonyl (C=O) groups excluding carboxylic acids is 5. The van der Waals surface area contributed by atoms with Crippen molar-refractivity contribution < 1.29 is 138 Å². The number of aliphatic hydroxyl groups excluding tert-OH is 12. The van der Waals surface area contributed by atoms with Crippen LogP contribution in [0.5, 0.6) is 0 Å². The number of aliphatic hydroxyl groups is 14. The molecule has 28 nitrogen and oxygen atoms in total. The molecule has 1 aromatic carbocycles. The summed E-state index contributed by atoms with van der Waals surface area (Å²) in [5.41, 5.74) is -0.336. The highest BCUT2D eigenvalue weighted by Crippen LogP contribution is 2.41. The number of cyclic esters (lactones) is 1. The number of hydrogen-bond donors (Lipinski definition) is 14. The molecule has 5 heterocycles. The van der Waals surface area contributed by atoms with Crippen LogP contribution in [0.3, 0.4) is 0 Å². The zero-order valence-electron chi connectivity index (χ0n) is 66.3. The van der Waals surface area contributed by atoms with Crippen LogP contribution in [-0.4, -0.2) is 253 Å². The molecule has 0 aromatic heterocycles. The van der Waals surface area contributed by atoms with Gasteiger partial charge >= 0.3 is 11.9 Å². The number of fused-ring (bicyclic) bond motifs is 3. The summed E-state index contributed by atoms with van der Waals surface area (Å²) < 4.78 is 56.1. The van der Waals surface area contributed by atoms with E-state index in [-0.39, 0.29) is 113 Å². The van der Waals surface area contributed by atoms with Gasteiger partial charge in [-0.15, -0.1) is 0 Å². The summed E-state index contributed by atoms with van der Waals surface area (Å²) in [6.07, 6.45) is -14.6. The Bertz CT molecular complexity index is 3180. The van der Waals surface area contributed by atoms with Crippen molar-refractivity contribution in [2.45, 2.75) is 376 Å². The molecule has 110 heavy (non-hydrogen) atoms. The number of hydrogen-bond acceptors (Lipinski definition) is 28. The molecule has 1 aromatic rings. The van der Waals surface area contributed by atoms with E-state index in [1.807, 2.05) is 6.92 Å². The third-order valence-electron chi connectivity index (χ3n) is 23.3. The van der Waals surface area contributed by atoms with E-state index in [2.05, 4.69) is 0 Å². The van der Waals surface area contributed by atoms with E-state index in [4.69, 9.17) is 42.6 Å².